The first-order valence-corrected chi connectivity index (χ1v) is 9.46. The van der Waals surface area contributed by atoms with Crippen LogP contribution in [0.1, 0.15) is 5.56 Å². The Labute approximate surface area is 170 Å². The summed E-state index contributed by atoms with van der Waals surface area (Å²) in [5.41, 5.74) is 1.12. The number of hydrogen-bond acceptors (Lipinski definition) is 6. The van der Waals surface area contributed by atoms with Crippen LogP contribution in [0.4, 0.5) is 11.4 Å². The van der Waals surface area contributed by atoms with E-state index in [1.165, 1.54) is 37.1 Å². The zero-order valence-electron chi connectivity index (χ0n) is 15.3. The molecule has 8 heteroatoms. The van der Waals surface area contributed by atoms with Gasteiger partial charge in [0.2, 0.25) is 0 Å². The molecule has 0 aliphatic carbocycles. The average Bonchev–Trinajstić information content (AvgIpc) is 3.07. The summed E-state index contributed by atoms with van der Waals surface area (Å²) in [7, 11) is 1.47. The lowest BCUT2D eigenvalue weighted by Crippen LogP contribution is -2.19. The Morgan fingerprint density at radius 1 is 1.14 bits per heavy atom. The van der Waals surface area contributed by atoms with E-state index in [1.54, 1.807) is 6.08 Å². The van der Waals surface area contributed by atoms with Crippen LogP contribution in [0.3, 0.4) is 0 Å². The fraction of sp³-hybridized carbons (Fsp3) is 0.0476. The molecule has 3 aromatic carbocycles. The Balaban J connectivity index is 1.69. The third-order valence-electron chi connectivity index (χ3n) is 4.35. The minimum Gasteiger partial charge on any atom is -0.496 e. The van der Waals surface area contributed by atoms with Gasteiger partial charge >= 0.3 is 0 Å². The van der Waals surface area contributed by atoms with Gasteiger partial charge in [0, 0.05) is 23.1 Å². The molecule has 1 saturated heterocycles. The highest BCUT2D eigenvalue weighted by molar-refractivity contribution is 8.18. The predicted molar refractivity (Wildman–Crippen MR) is 114 cm³/mol. The highest BCUT2D eigenvalue weighted by atomic mass is 32.2. The molecular weight excluding hydrogens is 390 g/mol. The number of carbonyl (C=O) groups excluding carboxylic acids is 1. The molecule has 1 aliphatic heterocycles. The smallest absolute Gasteiger partial charge is 0.270 e. The van der Waals surface area contributed by atoms with E-state index in [0.29, 0.717) is 21.4 Å². The summed E-state index contributed by atoms with van der Waals surface area (Å²) in [6, 6.07) is 17.9. The molecule has 0 bridgehead atoms. The molecule has 0 spiro atoms. The molecule has 4 rings (SSSR count). The number of methoxy groups -OCH3 is 1. The number of thioether (sulfide) groups is 1. The second-order valence-corrected chi connectivity index (χ2v) is 7.19. The van der Waals surface area contributed by atoms with E-state index < -0.39 is 4.92 Å². The van der Waals surface area contributed by atoms with E-state index in [2.05, 4.69) is 10.3 Å². The molecular formula is C21H15N3O4S. The van der Waals surface area contributed by atoms with Gasteiger partial charge in [0.1, 0.15) is 5.75 Å². The molecule has 0 aromatic heterocycles. The lowest BCUT2D eigenvalue weighted by Gasteiger charge is -2.04. The van der Waals surface area contributed by atoms with E-state index in [9.17, 15) is 14.9 Å². The minimum absolute atomic E-state index is 0.0781. The summed E-state index contributed by atoms with van der Waals surface area (Å²) >= 11 is 1.18. The van der Waals surface area contributed by atoms with Crippen LogP contribution in [0.15, 0.2) is 70.6 Å². The van der Waals surface area contributed by atoms with Crippen LogP contribution in [0, 0.1) is 10.1 Å². The average molecular weight is 405 g/mol. The SMILES string of the molecule is COc1ccc([N+](=O)[O-])cc1/C=C1/SC(=Nc2cccc3ccccc23)NC1=O. The van der Waals surface area contributed by atoms with Crippen LogP contribution in [0.5, 0.6) is 5.75 Å². The minimum atomic E-state index is -0.489. The van der Waals surface area contributed by atoms with Crippen LogP contribution >= 0.6 is 11.8 Å². The molecule has 3 aromatic rings. The Kier molecular flexibility index (Phi) is 5.01. The maximum absolute atomic E-state index is 12.4. The van der Waals surface area contributed by atoms with Gasteiger partial charge in [-0.05, 0) is 35.4 Å². The van der Waals surface area contributed by atoms with Gasteiger partial charge in [-0.2, -0.15) is 0 Å². The number of carbonyl (C=O) groups is 1. The number of hydrogen-bond donors (Lipinski definition) is 1. The number of nitro groups is 1. The molecule has 144 valence electrons. The van der Waals surface area contributed by atoms with Crippen LogP contribution in [-0.4, -0.2) is 23.1 Å². The lowest BCUT2D eigenvalue weighted by molar-refractivity contribution is -0.384. The van der Waals surface area contributed by atoms with Gasteiger partial charge in [0.25, 0.3) is 11.6 Å². The highest BCUT2D eigenvalue weighted by Crippen LogP contribution is 2.33. The predicted octanol–water partition coefficient (Wildman–Crippen LogP) is 4.65. The molecule has 7 nitrogen and oxygen atoms in total. The van der Waals surface area contributed by atoms with Crippen molar-refractivity contribution >= 4 is 51.1 Å². The number of non-ortho nitro benzene ring substituents is 1. The standard InChI is InChI=1S/C21H15N3O4S/c1-28-18-10-9-15(24(26)27)11-14(18)12-19-20(25)23-21(29-19)22-17-8-4-6-13-5-2-3-7-16(13)17/h2-12H,1H3,(H,22,23,25)/b19-12+. The second-order valence-electron chi connectivity index (χ2n) is 6.16. The number of rotatable bonds is 4. The maximum atomic E-state index is 12.4. The van der Waals surface area contributed by atoms with E-state index in [4.69, 9.17) is 4.74 Å². The van der Waals surface area contributed by atoms with Gasteiger partial charge in [-0.25, -0.2) is 4.99 Å². The molecule has 0 saturated carbocycles. The third kappa shape index (κ3) is 3.83. The number of nitro benzene ring substituents is 1. The van der Waals surface area contributed by atoms with Crippen molar-refractivity contribution in [3.63, 3.8) is 0 Å². The monoisotopic (exact) mass is 405 g/mol. The van der Waals surface area contributed by atoms with Crippen molar-refractivity contribution in [3.05, 3.63) is 81.2 Å². The number of nitrogens with one attached hydrogen (secondary N) is 1. The van der Waals surface area contributed by atoms with Crippen molar-refractivity contribution in [1.82, 2.24) is 5.32 Å². The highest BCUT2D eigenvalue weighted by Gasteiger charge is 2.25. The molecule has 0 radical (unpaired) electrons. The Morgan fingerprint density at radius 2 is 1.93 bits per heavy atom. The van der Waals surface area contributed by atoms with E-state index in [1.807, 2.05) is 42.5 Å². The first-order valence-electron chi connectivity index (χ1n) is 8.65. The van der Waals surface area contributed by atoms with Crippen LogP contribution in [0.25, 0.3) is 16.8 Å². The van der Waals surface area contributed by atoms with Crippen molar-refractivity contribution in [3.8, 4) is 5.75 Å². The Hall–Kier alpha value is -3.65. The van der Waals surface area contributed by atoms with Crippen molar-refractivity contribution in [1.29, 1.82) is 0 Å². The number of benzene rings is 3. The van der Waals surface area contributed by atoms with Gasteiger partial charge in [0.15, 0.2) is 5.17 Å². The second kappa shape index (κ2) is 7.76. The quantitative estimate of drug-likeness (QED) is 0.387. The number of aliphatic imine (C=N–C) groups is 1. The molecule has 1 N–H and O–H groups in total. The third-order valence-corrected chi connectivity index (χ3v) is 5.26. The topological polar surface area (TPSA) is 93.8 Å². The first kappa shape index (κ1) is 18.7. The Morgan fingerprint density at radius 3 is 2.72 bits per heavy atom. The molecule has 0 atom stereocenters. The van der Waals surface area contributed by atoms with Crippen LogP contribution in [-0.2, 0) is 4.79 Å². The van der Waals surface area contributed by atoms with Gasteiger partial charge < -0.3 is 10.1 Å². The molecule has 1 amide bonds. The van der Waals surface area contributed by atoms with Crippen LogP contribution < -0.4 is 10.1 Å². The van der Waals surface area contributed by atoms with Gasteiger partial charge in [-0.1, -0.05) is 36.4 Å². The maximum Gasteiger partial charge on any atom is 0.270 e. The number of amides is 1. The van der Waals surface area contributed by atoms with Crippen molar-refractivity contribution < 1.29 is 14.5 Å². The molecule has 1 fully saturated rings. The van der Waals surface area contributed by atoms with Gasteiger partial charge in [0.05, 0.1) is 22.6 Å². The van der Waals surface area contributed by atoms with Crippen molar-refractivity contribution in [2.75, 3.05) is 7.11 Å². The summed E-state index contributed by atoms with van der Waals surface area (Å²) in [4.78, 5) is 27.9. The lowest BCUT2D eigenvalue weighted by atomic mass is 10.1. The number of nitrogens with zero attached hydrogens (tertiary/aromatic N) is 2. The normalized spacial score (nSPS) is 16.4. The summed E-state index contributed by atoms with van der Waals surface area (Å²) in [5.74, 6) is 0.124. The van der Waals surface area contributed by atoms with Crippen LogP contribution in [0.2, 0.25) is 0 Å². The molecule has 0 unspecified atom stereocenters. The summed E-state index contributed by atoms with van der Waals surface area (Å²) < 4.78 is 5.26. The van der Waals surface area contributed by atoms with Gasteiger partial charge in [-0.15, -0.1) is 0 Å². The number of ether oxygens (including phenoxy) is 1. The van der Waals surface area contributed by atoms with E-state index in [0.717, 1.165) is 16.5 Å². The molecule has 1 aliphatic rings. The zero-order chi connectivity index (χ0) is 20.4. The Bertz CT molecular complexity index is 1200. The molecule has 1 heterocycles. The fourth-order valence-electron chi connectivity index (χ4n) is 2.99. The number of amidine groups is 1. The summed E-state index contributed by atoms with van der Waals surface area (Å²) in [6.07, 6.45) is 1.57. The van der Waals surface area contributed by atoms with Crippen molar-refractivity contribution in [2.45, 2.75) is 0 Å². The van der Waals surface area contributed by atoms with Crippen molar-refractivity contribution in [2.24, 2.45) is 4.99 Å². The largest absolute Gasteiger partial charge is 0.496 e. The first-order chi connectivity index (χ1) is 14.0. The summed E-state index contributed by atoms with van der Waals surface area (Å²) in [5, 5.41) is 16.3. The van der Waals surface area contributed by atoms with E-state index >= 15 is 0 Å². The fourth-order valence-corrected chi connectivity index (χ4v) is 3.81. The summed E-state index contributed by atoms with van der Waals surface area (Å²) in [6.45, 7) is 0. The zero-order valence-corrected chi connectivity index (χ0v) is 16.1. The van der Waals surface area contributed by atoms with Gasteiger partial charge in [-0.3, -0.25) is 14.9 Å². The molecule has 29 heavy (non-hydrogen) atoms. The number of fused-ring (bicyclic) bond motifs is 1. The van der Waals surface area contributed by atoms with E-state index in [-0.39, 0.29) is 11.6 Å².